The van der Waals surface area contributed by atoms with Gasteiger partial charge in [0.25, 0.3) is 5.09 Å². The predicted molar refractivity (Wildman–Crippen MR) is 55.9 cm³/mol. The van der Waals surface area contributed by atoms with E-state index in [1.165, 1.54) is 0 Å². The third kappa shape index (κ3) is 4.43. The van der Waals surface area contributed by atoms with Gasteiger partial charge >= 0.3 is 0 Å². The molecule has 0 atom stereocenters. The van der Waals surface area contributed by atoms with Gasteiger partial charge in [0.15, 0.2) is 0 Å². The summed E-state index contributed by atoms with van der Waals surface area (Å²) in [5, 5.41) is 12.2. The molecule has 1 fully saturated rings. The molecule has 0 heterocycles. The van der Waals surface area contributed by atoms with Crippen molar-refractivity contribution in [3.05, 3.63) is 10.1 Å². The van der Waals surface area contributed by atoms with Crippen molar-refractivity contribution >= 4 is 5.91 Å². The van der Waals surface area contributed by atoms with Crippen molar-refractivity contribution in [2.45, 2.75) is 44.2 Å². The van der Waals surface area contributed by atoms with Gasteiger partial charge in [-0.2, -0.15) is 0 Å². The number of nitrogens with two attached hydrogens (primary N) is 1. The molecule has 1 rings (SSSR count). The van der Waals surface area contributed by atoms with Crippen LogP contribution in [0.5, 0.6) is 0 Å². The van der Waals surface area contributed by atoms with Gasteiger partial charge in [0, 0.05) is 19.0 Å². The third-order valence-electron chi connectivity index (χ3n) is 2.65. The number of carbonyl (C=O) groups excluding carboxylic acids is 1. The minimum Gasteiger partial charge on any atom is -0.353 e. The maximum absolute atomic E-state index is 11.2. The van der Waals surface area contributed by atoms with Crippen LogP contribution in [-0.2, 0) is 9.63 Å². The fraction of sp³-hybridized carbons (Fsp3) is 0.889. The number of rotatable bonds is 5. The molecule has 7 heteroatoms. The highest BCUT2D eigenvalue weighted by Gasteiger charge is 2.24. The van der Waals surface area contributed by atoms with Crippen molar-refractivity contribution in [1.29, 1.82) is 0 Å². The highest BCUT2D eigenvalue weighted by molar-refractivity contribution is 5.76. The number of nitrogens with zero attached hydrogens (tertiary/aromatic N) is 1. The van der Waals surface area contributed by atoms with E-state index in [9.17, 15) is 14.9 Å². The van der Waals surface area contributed by atoms with E-state index in [0.717, 1.165) is 12.8 Å². The Labute approximate surface area is 93.4 Å². The van der Waals surface area contributed by atoms with E-state index in [4.69, 9.17) is 5.73 Å². The number of amides is 1. The minimum absolute atomic E-state index is 0.0545. The molecule has 0 unspecified atom stereocenters. The van der Waals surface area contributed by atoms with Crippen LogP contribution >= 0.6 is 0 Å². The fourth-order valence-corrected chi connectivity index (χ4v) is 1.87. The predicted octanol–water partition coefficient (Wildman–Crippen LogP) is -0.0291. The van der Waals surface area contributed by atoms with Crippen LogP contribution in [0.4, 0.5) is 0 Å². The molecule has 0 aromatic carbocycles. The van der Waals surface area contributed by atoms with E-state index in [1.54, 1.807) is 0 Å². The summed E-state index contributed by atoms with van der Waals surface area (Å²) in [6.45, 7) is 0.339. The molecule has 0 aromatic rings. The smallest absolute Gasteiger partial charge is 0.294 e. The van der Waals surface area contributed by atoms with Gasteiger partial charge in [-0.3, -0.25) is 4.79 Å². The zero-order valence-electron chi connectivity index (χ0n) is 9.05. The first kappa shape index (κ1) is 12.7. The minimum atomic E-state index is -0.752. The van der Waals surface area contributed by atoms with Crippen molar-refractivity contribution < 1.29 is 14.7 Å². The number of carbonyl (C=O) groups is 1. The summed E-state index contributed by atoms with van der Waals surface area (Å²) in [6.07, 6.45) is 2.65. The quantitative estimate of drug-likeness (QED) is 0.510. The van der Waals surface area contributed by atoms with Crippen LogP contribution in [0.3, 0.4) is 0 Å². The lowest BCUT2D eigenvalue weighted by Crippen LogP contribution is -2.40. The summed E-state index contributed by atoms with van der Waals surface area (Å²) in [4.78, 5) is 25.8. The first-order chi connectivity index (χ1) is 7.61. The second kappa shape index (κ2) is 6.26. The first-order valence-electron chi connectivity index (χ1n) is 5.42. The Balaban J connectivity index is 2.21. The molecule has 1 aliphatic rings. The van der Waals surface area contributed by atoms with Crippen LogP contribution in [0.1, 0.15) is 32.1 Å². The van der Waals surface area contributed by atoms with Crippen molar-refractivity contribution in [1.82, 2.24) is 5.32 Å². The lowest BCUT2D eigenvalue weighted by Gasteiger charge is -2.27. The van der Waals surface area contributed by atoms with E-state index in [2.05, 4.69) is 10.2 Å². The summed E-state index contributed by atoms with van der Waals surface area (Å²) in [5.41, 5.74) is 5.26. The molecule has 7 nitrogen and oxygen atoms in total. The summed E-state index contributed by atoms with van der Waals surface area (Å²) in [5.74, 6) is -0.0545. The van der Waals surface area contributed by atoms with E-state index in [1.807, 2.05) is 0 Å². The Morgan fingerprint density at radius 2 is 2.06 bits per heavy atom. The van der Waals surface area contributed by atoms with E-state index in [0.29, 0.717) is 25.8 Å². The lowest BCUT2D eigenvalue weighted by molar-refractivity contribution is -0.769. The Kier molecular flexibility index (Phi) is 4.97. The lowest BCUT2D eigenvalue weighted by atomic mass is 9.93. The van der Waals surface area contributed by atoms with Crippen LogP contribution in [0.15, 0.2) is 0 Å². The Morgan fingerprint density at radius 1 is 1.44 bits per heavy atom. The highest BCUT2D eigenvalue weighted by Crippen LogP contribution is 2.21. The van der Waals surface area contributed by atoms with Crippen LogP contribution in [-0.4, -0.2) is 29.7 Å². The Morgan fingerprint density at radius 3 is 2.56 bits per heavy atom. The standard InChI is InChI=1S/C9H17N3O4/c10-6-5-9(13)11-7-1-3-8(4-2-7)16-12(14)15/h7-8H,1-6,10H2,(H,11,13)/t7-,8-. The molecule has 1 aliphatic carbocycles. The molecule has 1 amide bonds. The maximum Gasteiger partial charge on any atom is 0.294 e. The number of nitrogens with one attached hydrogen (secondary N) is 1. The monoisotopic (exact) mass is 231 g/mol. The molecule has 0 saturated heterocycles. The molecule has 0 bridgehead atoms. The zero-order chi connectivity index (χ0) is 12.0. The zero-order valence-corrected chi connectivity index (χ0v) is 9.05. The molecule has 0 radical (unpaired) electrons. The molecular weight excluding hydrogens is 214 g/mol. The highest BCUT2D eigenvalue weighted by atomic mass is 17.0. The summed E-state index contributed by atoms with van der Waals surface area (Å²) >= 11 is 0. The number of hydrogen-bond donors (Lipinski definition) is 2. The summed E-state index contributed by atoms with van der Waals surface area (Å²) in [7, 11) is 0. The van der Waals surface area contributed by atoms with Crippen LogP contribution in [0, 0.1) is 10.1 Å². The summed E-state index contributed by atoms with van der Waals surface area (Å²) in [6, 6.07) is 0.102. The second-order valence-electron chi connectivity index (χ2n) is 3.91. The summed E-state index contributed by atoms with van der Waals surface area (Å²) < 4.78 is 0. The normalized spacial score (nSPS) is 24.8. The Hall–Kier alpha value is -1.37. The second-order valence-corrected chi connectivity index (χ2v) is 3.91. The van der Waals surface area contributed by atoms with Crippen molar-refractivity contribution in [2.75, 3.05) is 6.54 Å². The molecule has 3 N–H and O–H groups in total. The van der Waals surface area contributed by atoms with E-state index in [-0.39, 0.29) is 18.1 Å². The average molecular weight is 231 g/mol. The first-order valence-corrected chi connectivity index (χ1v) is 5.42. The van der Waals surface area contributed by atoms with Crippen LogP contribution in [0.25, 0.3) is 0 Å². The van der Waals surface area contributed by atoms with Crippen molar-refractivity contribution in [2.24, 2.45) is 5.73 Å². The molecule has 92 valence electrons. The Bertz CT molecular complexity index is 251. The van der Waals surface area contributed by atoms with Gasteiger partial charge in [-0.25, -0.2) is 0 Å². The maximum atomic E-state index is 11.2. The molecule has 1 saturated carbocycles. The van der Waals surface area contributed by atoms with Crippen molar-refractivity contribution in [3.8, 4) is 0 Å². The molecular formula is C9H17N3O4. The van der Waals surface area contributed by atoms with Crippen LogP contribution in [0.2, 0.25) is 0 Å². The van der Waals surface area contributed by atoms with Gasteiger partial charge in [0.2, 0.25) is 5.91 Å². The largest absolute Gasteiger partial charge is 0.353 e. The van der Waals surface area contributed by atoms with Crippen molar-refractivity contribution in [3.63, 3.8) is 0 Å². The van der Waals surface area contributed by atoms with Gasteiger partial charge in [-0.05, 0) is 25.7 Å². The molecule has 0 aliphatic heterocycles. The van der Waals surface area contributed by atoms with Gasteiger partial charge in [0.1, 0.15) is 6.10 Å². The van der Waals surface area contributed by atoms with Crippen LogP contribution < -0.4 is 11.1 Å². The third-order valence-corrected chi connectivity index (χ3v) is 2.65. The van der Waals surface area contributed by atoms with Gasteiger partial charge in [-0.1, -0.05) is 0 Å². The van der Waals surface area contributed by atoms with Gasteiger partial charge in [0.05, 0.1) is 0 Å². The molecule has 16 heavy (non-hydrogen) atoms. The topological polar surface area (TPSA) is 107 Å². The molecule has 0 aromatic heterocycles. The van der Waals surface area contributed by atoms with E-state index >= 15 is 0 Å². The fourth-order valence-electron chi connectivity index (χ4n) is 1.87. The molecule has 0 spiro atoms. The van der Waals surface area contributed by atoms with Gasteiger partial charge in [-0.15, -0.1) is 10.1 Å². The number of hydrogen-bond acceptors (Lipinski definition) is 5. The average Bonchev–Trinajstić information content (AvgIpc) is 2.20. The van der Waals surface area contributed by atoms with Gasteiger partial charge < -0.3 is 15.9 Å². The SMILES string of the molecule is NCCC(=O)N[C@H]1CC[C@H](O[N+](=O)[O-])CC1. The van der Waals surface area contributed by atoms with E-state index < -0.39 is 5.09 Å².